The van der Waals surface area contributed by atoms with E-state index in [4.69, 9.17) is 0 Å². The highest BCUT2D eigenvalue weighted by Gasteiger charge is 2.25. The Kier molecular flexibility index (Phi) is 3.58. The van der Waals surface area contributed by atoms with Crippen molar-refractivity contribution in [3.63, 3.8) is 0 Å². The van der Waals surface area contributed by atoms with Gasteiger partial charge in [-0.2, -0.15) is 0 Å². The van der Waals surface area contributed by atoms with Gasteiger partial charge in [0, 0.05) is 0 Å². The quantitative estimate of drug-likeness (QED) is 0.840. The molecule has 0 aliphatic heterocycles. The number of benzene rings is 1. The second-order valence-electron chi connectivity index (χ2n) is 6.06. The van der Waals surface area contributed by atoms with E-state index in [0.717, 1.165) is 12.0 Å². The fraction of sp³-hybridized carbons (Fsp3) is 0.625. The lowest BCUT2D eigenvalue weighted by molar-refractivity contribution is 0.0347. The van der Waals surface area contributed by atoms with E-state index in [0.29, 0.717) is 5.92 Å². The van der Waals surface area contributed by atoms with Crippen LogP contribution in [0.4, 0.5) is 0 Å². The van der Waals surface area contributed by atoms with Crippen molar-refractivity contribution >= 4 is 0 Å². The van der Waals surface area contributed by atoms with Gasteiger partial charge in [-0.1, -0.05) is 32.0 Å². The summed E-state index contributed by atoms with van der Waals surface area (Å²) in [5, 5.41) is 10.6. The van der Waals surface area contributed by atoms with Gasteiger partial charge in [-0.25, -0.2) is 0 Å². The Labute approximate surface area is 105 Å². The van der Waals surface area contributed by atoms with Crippen molar-refractivity contribution in [2.24, 2.45) is 5.92 Å². The standard InChI is InChI=1S/C16H24O/c1-12(2)11-16(3,17)15-9-8-13-6-4-5-7-14(13)10-15/h8-10,12,17H,4-7,11H2,1-3H3. The van der Waals surface area contributed by atoms with Crippen LogP contribution in [0.3, 0.4) is 0 Å². The maximum absolute atomic E-state index is 10.6. The molecule has 1 nitrogen and oxygen atoms in total. The average molecular weight is 232 g/mol. The SMILES string of the molecule is CC(C)CC(C)(O)c1ccc2c(c1)CCCC2. The van der Waals surface area contributed by atoms with E-state index in [1.54, 1.807) is 0 Å². The zero-order chi connectivity index (χ0) is 12.5. The molecule has 0 radical (unpaired) electrons. The summed E-state index contributed by atoms with van der Waals surface area (Å²) >= 11 is 0. The molecular formula is C16H24O. The smallest absolute Gasteiger partial charge is 0.0871 e. The number of hydrogen-bond acceptors (Lipinski definition) is 1. The van der Waals surface area contributed by atoms with Crippen molar-refractivity contribution in [1.82, 2.24) is 0 Å². The summed E-state index contributed by atoms with van der Waals surface area (Å²) in [7, 11) is 0. The zero-order valence-corrected chi connectivity index (χ0v) is 11.3. The largest absolute Gasteiger partial charge is 0.385 e. The van der Waals surface area contributed by atoms with Crippen molar-refractivity contribution in [1.29, 1.82) is 0 Å². The summed E-state index contributed by atoms with van der Waals surface area (Å²) in [5.41, 5.74) is 3.35. The minimum absolute atomic E-state index is 0.515. The highest BCUT2D eigenvalue weighted by molar-refractivity contribution is 5.36. The lowest BCUT2D eigenvalue weighted by Crippen LogP contribution is -2.24. The number of aryl methyl sites for hydroxylation is 2. The molecule has 1 N–H and O–H groups in total. The first-order chi connectivity index (χ1) is 7.99. The molecule has 1 aliphatic carbocycles. The molecule has 0 spiro atoms. The van der Waals surface area contributed by atoms with E-state index in [9.17, 15) is 5.11 Å². The lowest BCUT2D eigenvalue weighted by atomic mass is 9.83. The molecule has 17 heavy (non-hydrogen) atoms. The first-order valence-corrected chi connectivity index (χ1v) is 6.84. The van der Waals surface area contributed by atoms with Crippen LogP contribution in [-0.2, 0) is 18.4 Å². The summed E-state index contributed by atoms with van der Waals surface area (Å²) in [5.74, 6) is 0.515. The van der Waals surface area contributed by atoms with E-state index in [1.165, 1.54) is 36.8 Å². The van der Waals surface area contributed by atoms with Gasteiger partial charge >= 0.3 is 0 Å². The number of fused-ring (bicyclic) bond motifs is 1. The summed E-state index contributed by atoms with van der Waals surface area (Å²) in [6, 6.07) is 6.57. The fourth-order valence-corrected chi connectivity index (χ4v) is 2.98. The van der Waals surface area contributed by atoms with Crippen LogP contribution in [-0.4, -0.2) is 5.11 Å². The van der Waals surface area contributed by atoms with Gasteiger partial charge in [0.2, 0.25) is 0 Å². The van der Waals surface area contributed by atoms with E-state index in [-0.39, 0.29) is 0 Å². The number of aliphatic hydroxyl groups is 1. The second kappa shape index (κ2) is 4.81. The fourth-order valence-electron chi connectivity index (χ4n) is 2.98. The topological polar surface area (TPSA) is 20.2 Å². The molecule has 94 valence electrons. The van der Waals surface area contributed by atoms with Gasteiger partial charge in [0.05, 0.1) is 5.60 Å². The molecule has 0 saturated heterocycles. The van der Waals surface area contributed by atoms with Gasteiger partial charge in [0.15, 0.2) is 0 Å². The van der Waals surface area contributed by atoms with Crippen molar-refractivity contribution in [3.8, 4) is 0 Å². The maximum atomic E-state index is 10.6. The van der Waals surface area contributed by atoms with Gasteiger partial charge in [-0.3, -0.25) is 0 Å². The van der Waals surface area contributed by atoms with Crippen LogP contribution in [0.5, 0.6) is 0 Å². The second-order valence-corrected chi connectivity index (χ2v) is 6.06. The van der Waals surface area contributed by atoms with E-state index in [2.05, 4.69) is 32.0 Å². The first kappa shape index (κ1) is 12.6. The third-order valence-corrected chi connectivity index (χ3v) is 3.78. The predicted octanol–water partition coefficient (Wildman–Crippen LogP) is 3.82. The minimum Gasteiger partial charge on any atom is -0.385 e. The van der Waals surface area contributed by atoms with Crippen LogP contribution in [0.2, 0.25) is 0 Å². The first-order valence-electron chi connectivity index (χ1n) is 6.84. The highest BCUT2D eigenvalue weighted by atomic mass is 16.3. The van der Waals surface area contributed by atoms with Gasteiger partial charge in [-0.15, -0.1) is 0 Å². The van der Waals surface area contributed by atoms with Crippen molar-refractivity contribution < 1.29 is 5.11 Å². The van der Waals surface area contributed by atoms with Gasteiger partial charge < -0.3 is 5.11 Å². The minimum atomic E-state index is -0.680. The normalized spacial score (nSPS) is 18.9. The molecule has 1 atom stereocenters. The molecule has 0 amide bonds. The van der Waals surface area contributed by atoms with Crippen LogP contribution in [0.1, 0.15) is 56.7 Å². The Balaban J connectivity index is 2.27. The molecule has 1 unspecified atom stereocenters. The summed E-state index contributed by atoms with van der Waals surface area (Å²) < 4.78 is 0. The van der Waals surface area contributed by atoms with Crippen LogP contribution in [0.25, 0.3) is 0 Å². The Morgan fingerprint density at radius 1 is 1.18 bits per heavy atom. The molecule has 0 heterocycles. The van der Waals surface area contributed by atoms with Gasteiger partial charge in [0.25, 0.3) is 0 Å². The zero-order valence-electron chi connectivity index (χ0n) is 11.3. The Bertz CT molecular complexity index is 391. The predicted molar refractivity (Wildman–Crippen MR) is 72.1 cm³/mol. The van der Waals surface area contributed by atoms with Gasteiger partial charge in [-0.05, 0) is 61.6 Å². The number of rotatable bonds is 3. The third-order valence-electron chi connectivity index (χ3n) is 3.78. The van der Waals surface area contributed by atoms with E-state index in [1.807, 2.05) is 6.92 Å². The molecule has 1 aromatic carbocycles. The lowest BCUT2D eigenvalue weighted by Gasteiger charge is -2.28. The summed E-state index contributed by atoms with van der Waals surface area (Å²) in [6.45, 7) is 6.26. The molecule has 0 bridgehead atoms. The van der Waals surface area contributed by atoms with Crippen molar-refractivity contribution in [3.05, 3.63) is 34.9 Å². The van der Waals surface area contributed by atoms with Crippen molar-refractivity contribution in [2.45, 2.75) is 58.5 Å². The molecule has 0 aromatic heterocycles. The van der Waals surface area contributed by atoms with Crippen LogP contribution < -0.4 is 0 Å². The molecule has 0 fully saturated rings. The third kappa shape index (κ3) is 2.90. The molecule has 1 heteroatoms. The molecule has 0 saturated carbocycles. The Morgan fingerprint density at radius 2 is 1.82 bits per heavy atom. The van der Waals surface area contributed by atoms with E-state index < -0.39 is 5.60 Å². The van der Waals surface area contributed by atoms with Crippen LogP contribution >= 0.6 is 0 Å². The highest BCUT2D eigenvalue weighted by Crippen LogP contribution is 2.31. The Hall–Kier alpha value is -0.820. The van der Waals surface area contributed by atoms with Crippen LogP contribution in [0.15, 0.2) is 18.2 Å². The summed E-state index contributed by atoms with van der Waals surface area (Å²) in [6.07, 6.45) is 5.83. The number of hydrogen-bond donors (Lipinski definition) is 1. The van der Waals surface area contributed by atoms with E-state index >= 15 is 0 Å². The molecular weight excluding hydrogens is 208 g/mol. The molecule has 2 rings (SSSR count). The average Bonchev–Trinajstić information content (AvgIpc) is 2.26. The van der Waals surface area contributed by atoms with Crippen molar-refractivity contribution in [2.75, 3.05) is 0 Å². The monoisotopic (exact) mass is 232 g/mol. The molecule has 1 aromatic rings. The Morgan fingerprint density at radius 3 is 2.47 bits per heavy atom. The maximum Gasteiger partial charge on any atom is 0.0871 e. The van der Waals surface area contributed by atoms with Crippen LogP contribution in [0, 0.1) is 5.92 Å². The molecule has 1 aliphatic rings. The summed E-state index contributed by atoms with van der Waals surface area (Å²) in [4.78, 5) is 0. The van der Waals surface area contributed by atoms with Gasteiger partial charge in [0.1, 0.15) is 0 Å².